The first-order valence-corrected chi connectivity index (χ1v) is 14.7. The molecule has 1 aromatic carbocycles. The number of carbonyl (C=O) groups excluding carboxylic acids is 2. The van der Waals surface area contributed by atoms with Crippen molar-refractivity contribution >= 4 is 52.3 Å². The highest BCUT2D eigenvalue weighted by molar-refractivity contribution is 7.11. The van der Waals surface area contributed by atoms with E-state index in [2.05, 4.69) is 15.2 Å². The molecule has 216 valence electrons. The number of nitrogens with one attached hydrogen (secondary N) is 1. The maximum absolute atomic E-state index is 13.4. The summed E-state index contributed by atoms with van der Waals surface area (Å²) in [6.07, 6.45) is 1.69. The molecule has 40 heavy (non-hydrogen) atoms. The first kappa shape index (κ1) is 30.4. The van der Waals surface area contributed by atoms with Gasteiger partial charge in [0.2, 0.25) is 0 Å². The van der Waals surface area contributed by atoms with E-state index < -0.39 is 24.0 Å². The number of nitrogens with two attached hydrogens (primary N) is 1. The average molecular weight is 611 g/mol. The van der Waals surface area contributed by atoms with Crippen LogP contribution in [0.5, 0.6) is 0 Å². The van der Waals surface area contributed by atoms with E-state index >= 15 is 0 Å². The van der Waals surface area contributed by atoms with Crippen molar-refractivity contribution in [3.05, 3.63) is 61.7 Å². The Morgan fingerprint density at radius 2 is 2.10 bits per heavy atom. The summed E-state index contributed by atoms with van der Waals surface area (Å²) in [6.45, 7) is 7.46. The SMILES string of the molecule is CCOC(=O)C1=C(CN2CCOCC2COC(=O)C(N)C(C)C)NC(c2nccs2)=NC1c1ccc(Cl)cc1Cl. The molecular formula is C27H33Cl2N5O5S. The topological polar surface area (TPSA) is 128 Å². The Balaban J connectivity index is 1.70. The Hall–Kier alpha value is -2.54. The van der Waals surface area contributed by atoms with Gasteiger partial charge in [-0.25, -0.2) is 9.78 Å². The van der Waals surface area contributed by atoms with Gasteiger partial charge in [0.15, 0.2) is 10.8 Å². The number of carbonyl (C=O) groups is 2. The maximum Gasteiger partial charge on any atom is 0.338 e. The first-order valence-electron chi connectivity index (χ1n) is 13.0. The van der Waals surface area contributed by atoms with E-state index in [4.69, 9.17) is 48.1 Å². The van der Waals surface area contributed by atoms with Crippen molar-refractivity contribution in [3.8, 4) is 0 Å². The highest BCUT2D eigenvalue weighted by Crippen LogP contribution is 2.37. The highest BCUT2D eigenvalue weighted by Gasteiger charge is 2.36. The molecule has 2 aliphatic rings. The number of amidine groups is 1. The van der Waals surface area contributed by atoms with E-state index in [0.717, 1.165) is 0 Å². The number of rotatable bonds is 10. The summed E-state index contributed by atoms with van der Waals surface area (Å²) in [5.41, 5.74) is 7.50. The third-order valence-corrected chi connectivity index (χ3v) is 7.97. The highest BCUT2D eigenvalue weighted by atomic mass is 35.5. The van der Waals surface area contributed by atoms with E-state index in [9.17, 15) is 9.59 Å². The van der Waals surface area contributed by atoms with Gasteiger partial charge in [-0.15, -0.1) is 11.3 Å². The van der Waals surface area contributed by atoms with E-state index in [0.29, 0.717) is 64.0 Å². The van der Waals surface area contributed by atoms with Crippen LogP contribution in [0.25, 0.3) is 0 Å². The van der Waals surface area contributed by atoms with Crippen LogP contribution in [0.2, 0.25) is 10.0 Å². The third kappa shape index (κ3) is 7.20. The van der Waals surface area contributed by atoms with Crippen LogP contribution < -0.4 is 11.1 Å². The standard InChI is InChI=1S/C27H33Cl2N5O5S/c1-4-38-26(35)21-20(12-34-8-9-37-13-17(34)14-39-27(36)22(30)15(2)3)32-24(25-31-7-10-40-25)33-23(21)18-6-5-16(28)11-19(18)29/h5-7,10-11,15,17,22-23H,4,8-9,12-14,30H2,1-3H3,(H,32,33). The van der Waals surface area contributed by atoms with Crippen LogP contribution in [0.4, 0.5) is 0 Å². The van der Waals surface area contributed by atoms with Gasteiger partial charge < -0.3 is 25.3 Å². The van der Waals surface area contributed by atoms with Crippen molar-refractivity contribution in [1.29, 1.82) is 0 Å². The first-order chi connectivity index (χ1) is 19.2. The number of hydrogen-bond donors (Lipinski definition) is 2. The summed E-state index contributed by atoms with van der Waals surface area (Å²) in [6, 6.07) is 3.36. The van der Waals surface area contributed by atoms with Crippen LogP contribution >= 0.6 is 34.5 Å². The average Bonchev–Trinajstić information content (AvgIpc) is 3.47. The van der Waals surface area contributed by atoms with Crippen LogP contribution in [0.3, 0.4) is 0 Å². The quantitative estimate of drug-likeness (QED) is 0.388. The number of hydrogen-bond acceptors (Lipinski definition) is 11. The molecule has 1 fully saturated rings. The molecule has 0 amide bonds. The summed E-state index contributed by atoms with van der Waals surface area (Å²) in [7, 11) is 0. The normalized spacial score (nSPS) is 20.6. The minimum absolute atomic E-state index is 0.0462. The molecule has 3 atom stereocenters. The van der Waals surface area contributed by atoms with E-state index in [-0.39, 0.29) is 25.2 Å². The Morgan fingerprint density at radius 1 is 1.30 bits per heavy atom. The Morgan fingerprint density at radius 3 is 2.77 bits per heavy atom. The van der Waals surface area contributed by atoms with E-state index in [1.165, 1.54) is 11.3 Å². The van der Waals surface area contributed by atoms with Crippen molar-refractivity contribution in [2.45, 2.75) is 38.9 Å². The molecule has 2 aliphatic heterocycles. The number of nitrogens with zero attached hydrogens (tertiary/aromatic N) is 3. The molecule has 0 saturated carbocycles. The molecule has 0 aliphatic carbocycles. The summed E-state index contributed by atoms with van der Waals surface area (Å²) in [5.74, 6) is -0.510. The number of morpholine rings is 1. The predicted octanol–water partition coefficient (Wildman–Crippen LogP) is 3.59. The molecule has 10 nitrogen and oxygen atoms in total. The van der Waals surface area contributed by atoms with Gasteiger partial charge in [-0.3, -0.25) is 14.7 Å². The molecule has 3 heterocycles. The van der Waals surface area contributed by atoms with Gasteiger partial charge in [-0.2, -0.15) is 0 Å². The van der Waals surface area contributed by atoms with Gasteiger partial charge in [0.25, 0.3) is 0 Å². The van der Waals surface area contributed by atoms with Crippen LogP contribution in [0.1, 0.15) is 37.4 Å². The van der Waals surface area contributed by atoms with Gasteiger partial charge >= 0.3 is 11.9 Å². The molecule has 13 heteroatoms. The second kappa shape index (κ2) is 13.9. The molecule has 0 spiro atoms. The molecule has 3 N–H and O–H groups in total. The smallest absolute Gasteiger partial charge is 0.338 e. The fourth-order valence-electron chi connectivity index (χ4n) is 4.37. The lowest BCUT2D eigenvalue weighted by Gasteiger charge is -2.37. The fourth-order valence-corrected chi connectivity index (χ4v) is 5.47. The van der Waals surface area contributed by atoms with E-state index in [1.54, 1.807) is 31.3 Å². The number of benzene rings is 1. The summed E-state index contributed by atoms with van der Waals surface area (Å²) < 4.78 is 16.7. The molecule has 2 aromatic rings. The number of aliphatic imine (C=N–C) groups is 1. The number of esters is 2. The van der Waals surface area contributed by atoms with Crippen molar-refractivity contribution in [1.82, 2.24) is 15.2 Å². The largest absolute Gasteiger partial charge is 0.463 e. The number of ether oxygens (including phenoxy) is 3. The van der Waals surface area contributed by atoms with Gasteiger partial charge in [0, 0.05) is 46.0 Å². The number of aromatic nitrogens is 1. The van der Waals surface area contributed by atoms with E-state index in [1.807, 2.05) is 19.2 Å². The third-order valence-electron chi connectivity index (χ3n) is 6.63. The predicted molar refractivity (Wildman–Crippen MR) is 155 cm³/mol. The Kier molecular flexibility index (Phi) is 10.6. The zero-order valence-electron chi connectivity index (χ0n) is 22.6. The zero-order chi connectivity index (χ0) is 28.8. The van der Waals surface area contributed by atoms with Gasteiger partial charge in [-0.1, -0.05) is 43.1 Å². The summed E-state index contributed by atoms with van der Waals surface area (Å²) in [4.78, 5) is 37.3. The molecule has 0 bridgehead atoms. The lowest BCUT2D eigenvalue weighted by molar-refractivity contribution is -0.150. The second-order valence-corrected chi connectivity index (χ2v) is 11.5. The van der Waals surface area contributed by atoms with Crippen molar-refractivity contribution in [2.24, 2.45) is 16.6 Å². The Labute approximate surface area is 247 Å². The van der Waals surface area contributed by atoms with Gasteiger partial charge in [0.05, 0.1) is 31.4 Å². The van der Waals surface area contributed by atoms with Crippen molar-refractivity contribution in [2.75, 3.05) is 39.5 Å². The van der Waals surface area contributed by atoms with Crippen LogP contribution in [-0.2, 0) is 23.8 Å². The maximum atomic E-state index is 13.4. The molecular weight excluding hydrogens is 577 g/mol. The van der Waals surface area contributed by atoms with Crippen LogP contribution in [-0.4, -0.2) is 79.3 Å². The summed E-state index contributed by atoms with van der Waals surface area (Å²) in [5, 5.41) is 6.69. The van der Waals surface area contributed by atoms with Crippen LogP contribution in [0.15, 0.2) is 46.0 Å². The lowest BCUT2D eigenvalue weighted by Crippen LogP contribution is -2.51. The molecule has 0 radical (unpaired) electrons. The lowest BCUT2D eigenvalue weighted by atomic mass is 9.95. The number of thiazole rings is 1. The molecule has 3 unspecified atom stereocenters. The van der Waals surface area contributed by atoms with Crippen molar-refractivity contribution < 1.29 is 23.8 Å². The summed E-state index contributed by atoms with van der Waals surface area (Å²) >= 11 is 14.2. The van der Waals surface area contributed by atoms with Gasteiger partial charge in [0.1, 0.15) is 18.7 Å². The molecule has 4 rings (SSSR count). The second-order valence-electron chi connectivity index (χ2n) is 9.72. The zero-order valence-corrected chi connectivity index (χ0v) is 24.9. The Bertz CT molecular complexity index is 1270. The van der Waals surface area contributed by atoms with Crippen molar-refractivity contribution in [3.63, 3.8) is 0 Å². The minimum atomic E-state index is -0.764. The van der Waals surface area contributed by atoms with Gasteiger partial charge in [-0.05, 0) is 25.0 Å². The fraction of sp³-hybridized carbons (Fsp3) is 0.481. The minimum Gasteiger partial charge on any atom is -0.463 e. The number of halogens is 2. The molecule has 1 saturated heterocycles. The van der Waals surface area contributed by atoms with Crippen LogP contribution in [0, 0.1) is 5.92 Å². The monoisotopic (exact) mass is 609 g/mol. The molecule has 1 aromatic heterocycles.